The Labute approximate surface area is 211 Å². The van der Waals surface area contributed by atoms with Gasteiger partial charge in [-0.25, -0.2) is 14.1 Å². The van der Waals surface area contributed by atoms with Crippen molar-refractivity contribution in [1.82, 2.24) is 19.5 Å². The van der Waals surface area contributed by atoms with E-state index in [1.165, 1.54) is 6.92 Å². The van der Waals surface area contributed by atoms with Crippen LogP contribution in [0.1, 0.15) is 13.2 Å². The molecule has 2 fully saturated rings. The average molecular weight is 589 g/mol. The SMILES string of the molecule is C[C@@H]1O[C@H](OP(=O)(O)OP(=O)(O)OC[C@@H]2O[C@H](n3cnc4c(=O)[nH]c(N)nc43)[C@@H](O)[C@H]2O)[C@@H](O)[C@H](O)[C@@H]1O. The molecule has 38 heavy (non-hydrogen) atoms. The first kappa shape index (κ1) is 29.1. The third-order valence-corrected chi connectivity index (χ3v) is 8.32. The average Bonchev–Trinajstić information content (AvgIpc) is 3.35. The summed E-state index contributed by atoms with van der Waals surface area (Å²) in [4.78, 5) is 41.7. The molecule has 0 radical (unpaired) electrons. The number of aliphatic hydroxyl groups excluding tert-OH is 5. The number of nitrogens with two attached hydrogens (primary N) is 1. The number of nitrogen functional groups attached to an aromatic ring is 1. The summed E-state index contributed by atoms with van der Waals surface area (Å²) in [5.74, 6) is -0.266. The molecule has 4 heterocycles. The van der Waals surface area contributed by atoms with Gasteiger partial charge in [0.2, 0.25) is 5.95 Å². The fourth-order valence-corrected chi connectivity index (χ4v) is 5.96. The predicted molar refractivity (Wildman–Crippen MR) is 119 cm³/mol. The number of hydrogen-bond donors (Lipinski definition) is 9. The Morgan fingerprint density at radius 3 is 2.42 bits per heavy atom. The molecule has 22 heteroatoms. The molecule has 2 aliphatic rings. The summed E-state index contributed by atoms with van der Waals surface area (Å²) >= 11 is 0. The van der Waals surface area contributed by atoms with Gasteiger partial charge in [0.15, 0.2) is 23.7 Å². The maximum atomic E-state index is 12.3. The van der Waals surface area contributed by atoms with Gasteiger partial charge in [0, 0.05) is 0 Å². The van der Waals surface area contributed by atoms with Crippen LogP contribution < -0.4 is 11.3 Å². The summed E-state index contributed by atoms with van der Waals surface area (Å²) in [6.07, 6.45) is -13.8. The third kappa shape index (κ3) is 5.83. The Morgan fingerprint density at radius 1 is 1.05 bits per heavy atom. The third-order valence-electron chi connectivity index (χ3n) is 5.72. The summed E-state index contributed by atoms with van der Waals surface area (Å²) in [6, 6.07) is 0. The van der Waals surface area contributed by atoms with Crippen LogP contribution in [0.25, 0.3) is 11.2 Å². The van der Waals surface area contributed by atoms with Crippen molar-refractivity contribution in [2.75, 3.05) is 12.3 Å². The highest BCUT2D eigenvalue weighted by Crippen LogP contribution is 2.61. The molecule has 2 aliphatic heterocycles. The lowest BCUT2D eigenvalue weighted by molar-refractivity contribution is -0.271. The molecular weight excluding hydrogens is 564 g/mol. The lowest BCUT2D eigenvalue weighted by Crippen LogP contribution is -2.57. The van der Waals surface area contributed by atoms with E-state index in [1.807, 2.05) is 0 Å². The van der Waals surface area contributed by atoms with Gasteiger partial charge in [0.25, 0.3) is 5.56 Å². The monoisotopic (exact) mass is 589 g/mol. The van der Waals surface area contributed by atoms with Crippen LogP contribution in [0.2, 0.25) is 0 Å². The standard InChI is InChI=1S/C16H25N5O15P2/c1-4-7(22)9(24)11(26)15(33-4)35-38(30,31)36-37(28,29)32-2-5-8(23)10(25)14(34-5)21-3-18-6-12(21)19-16(17)20-13(6)27/h3-5,7-11,14-15,22-26H,2H2,1H3,(H,28,29)(H,30,31)(H3,17,19,20,27)/t4-,5-,7+,8-,9+,10-,11-,14-,15+/m0/s1. The van der Waals surface area contributed by atoms with Crippen LogP contribution in [0.4, 0.5) is 5.95 Å². The number of aliphatic hydroxyl groups is 5. The van der Waals surface area contributed by atoms with E-state index < -0.39 is 83.1 Å². The molecule has 11 atom stereocenters. The Bertz CT molecular complexity index is 1320. The number of aromatic nitrogens is 4. The highest BCUT2D eigenvalue weighted by atomic mass is 31.3. The molecule has 0 bridgehead atoms. The van der Waals surface area contributed by atoms with Gasteiger partial charge < -0.3 is 50.5 Å². The van der Waals surface area contributed by atoms with E-state index in [1.54, 1.807) is 0 Å². The normalized spacial score (nSPS) is 37.2. The molecule has 0 aromatic carbocycles. The van der Waals surface area contributed by atoms with E-state index in [-0.39, 0.29) is 17.1 Å². The fourth-order valence-electron chi connectivity index (χ4n) is 3.80. The Kier molecular flexibility index (Phi) is 8.12. The summed E-state index contributed by atoms with van der Waals surface area (Å²) < 4.78 is 49.3. The zero-order valence-corrected chi connectivity index (χ0v) is 21.0. The Balaban J connectivity index is 1.39. The van der Waals surface area contributed by atoms with Gasteiger partial charge in [-0.1, -0.05) is 0 Å². The van der Waals surface area contributed by atoms with Crippen LogP contribution >= 0.6 is 15.6 Å². The molecule has 0 spiro atoms. The maximum absolute atomic E-state index is 12.3. The second-order valence-corrected chi connectivity index (χ2v) is 11.4. The van der Waals surface area contributed by atoms with Crippen molar-refractivity contribution in [3.63, 3.8) is 0 Å². The zero-order chi connectivity index (χ0) is 28.2. The van der Waals surface area contributed by atoms with E-state index >= 15 is 0 Å². The van der Waals surface area contributed by atoms with E-state index in [0.29, 0.717) is 0 Å². The minimum absolute atomic E-state index is 0.0994. The van der Waals surface area contributed by atoms with Gasteiger partial charge in [-0.15, -0.1) is 0 Å². The van der Waals surface area contributed by atoms with Gasteiger partial charge in [0.1, 0.15) is 36.6 Å². The molecular formula is C16H25N5O15P2. The number of phosphoric acid groups is 2. The maximum Gasteiger partial charge on any atom is 0.483 e. The van der Waals surface area contributed by atoms with Crippen molar-refractivity contribution in [2.45, 2.75) is 62.2 Å². The van der Waals surface area contributed by atoms with Gasteiger partial charge in [-0.05, 0) is 6.92 Å². The number of ether oxygens (including phenoxy) is 2. The topological polar surface area (TPSA) is 311 Å². The number of nitrogens with zero attached hydrogens (tertiary/aromatic N) is 3. The first-order chi connectivity index (χ1) is 17.6. The van der Waals surface area contributed by atoms with E-state index in [2.05, 4.69) is 28.3 Å². The largest absolute Gasteiger partial charge is 0.483 e. The molecule has 2 aromatic heterocycles. The van der Waals surface area contributed by atoms with Crippen LogP contribution in [0.15, 0.2) is 11.1 Å². The number of fused-ring (bicyclic) bond motifs is 1. The van der Waals surface area contributed by atoms with Gasteiger partial charge in [-0.2, -0.15) is 9.29 Å². The van der Waals surface area contributed by atoms with Gasteiger partial charge >= 0.3 is 15.6 Å². The summed E-state index contributed by atoms with van der Waals surface area (Å²) in [7, 11) is -10.9. The van der Waals surface area contributed by atoms with Gasteiger partial charge in [0.05, 0.1) is 19.0 Å². The number of aromatic amines is 1. The zero-order valence-electron chi connectivity index (χ0n) is 19.2. The number of rotatable bonds is 8. The van der Waals surface area contributed by atoms with Crippen LogP contribution in [-0.2, 0) is 32.0 Å². The summed E-state index contributed by atoms with van der Waals surface area (Å²) in [6.45, 7) is 0.291. The van der Waals surface area contributed by atoms with Crippen molar-refractivity contribution in [3.05, 3.63) is 16.7 Å². The molecule has 10 N–H and O–H groups in total. The predicted octanol–water partition coefficient (Wildman–Crippen LogP) is -3.60. The first-order valence-electron chi connectivity index (χ1n) is 10.7. The van der Waals surface area contributed by atoms with Crippen molar-refractivity contribution >= 4 is 32.8 Å². The quantitative estimate of drug-likeness (QED) is 0.134. The number of anilines is 1. The highest BCUT2D eigenvalue weighted by Gasteiger charge is 2.49. The second-order valence-electron chi connectivity index (χ2n) is 8.42. The fraction of sp³-hybridized carbons (Fsp3) is 0.688. The lowest BCUT2D eigenvalue weighted by Gasteiger charge is -2.38. The van der Waals surface area contributed by atoms with Crippen LogP contribution in [0.5, 0.6) is 0 Å². The molecule has 0 saturated carbocycles. The number of imidazole rings is 1. The van der Waals surface area contributed by atoms with Crippen molar-refractivity contribution in [3.8, 4) is 0 Å². The number of H-pyrrole nitrogens is 1. The minimum Gasteiger partial charge on any atom is -0.388 e. The second kappa shape index (κ2) is 10.6. The van der Waals surface area contributed by atoms with E-state index in [9.17, 15) is 49.2 Å². The minimum atomic E-state index is -5.50. The van der Waals surface area contributed by atoms with Crippen LogP contribution in [-0.4, -0.2) is 110 Å². The smallest absolute Gasteiger partial charge is 0.388 e. The Morgan fingerprint density at radius 2 is 1.74 bits per heavy atom. The van der Waals surface area contributed by atoms with E-state index in [0.717, 1.165) is 10.9 Å². The number of phosphoric ester groups is 2. The van der Waals surface area contributed by atoms with Crippen molar-refractivity contribution in [1.29, 1.82) is 0 Å². The Hall–Kier alpha value is -1.87. The van der Waals surface area contributed by atoms with Crippen molar-refractivity contribution in [2.24, 2.45) is 0 Å². The molecule has 0 aliphatic carbocycles. The van der Waals surface area contributed by atoms with Crippen LogP contribution in [0, 0.1) is 0 Å². The van der Waals surface area contributed by atoms with Crippen LogP contribution in [0.3, 0.4) is 0 Å². The molecule has 2 unspecified atom stereocenters. The van der Waals surface area contributed by atoms with Gasteiger partial charge in [-0.3, -0.25) is 23.4 Å². The van der Waals surface area contributed by atoms with Crippen molar-refractivity contribution < 1.29 is 67.3 Å². The first-order valence-corrected chi connectivity index (χ1v) is 13.7. The summed E-state index contributed by atoms with van der Waals surface area (Å²) in [5.41, 5.74) is 4.59. The number of nitrogens with one attached hydrogen (secondary N) is 1. The molecule has 20 nitrogen and oxygen atoms in total. The molecule has 2 saturated heterocycles. The summed E-state index contributed by atoms with van der Waals surface area (Å²) in [5, 5.41) is 50.0. The highest BCUT2D eigenvalue weighted by molar-refractivity contribution is 7.61. The number of hydrogen-bond acceptors (Lipinski definition) is 16. The molecule has 2 aromatic rings. The molecule has 0 amide bonds. The van der Waals surface area contributed by atoms with E-state index in [4.69, 9.17) is 15.2 Å². The molecule has 214 valence electrons. The lowest BCUT2D eigenvalue weighted by atomic mass is 10.0. The molecule has 4 rings (SSSR count).